The Bertz CT molecular complexity index is 1010. The molecule has 2 aromatic carbocycles. The van der Waals surface area contributed by atoms with E-state index in [1.807, 2.05) is 0 Å². The standard InChI is InChI=1S/C22H12Se2/c1-3-15-17-9-12-20(22-8-6-14-24-22)16(4-2)18(17)10-11-19(15)21-7-5-13-23-21/h1-2,5-14H. The Labute approximate surface area is 153 Å². The van der Waals surface area contributed by atoms with Crippen molar-refractivity contribution in [1.29, 1.82) is 0 Å². The molecule has 0 aliphatic carbocycles. The molecule has 0 unspecified atom stereocenters. The van der Waals surface area contributed by atoms with Gasteiger partial charge in [0.25, 0.3) is 0 Å². The normalized spacial score (nSPS) is 10.4. The molecule has 0 bridgehead atoms. The van der Waals surface area contributed by atoms with Gasteiger partial charge in [0.15, 0.2) is 0 Å². The van der Waals surface area contributed by atoms with E-state index >= 15 is 0 Å². The first-order chi connectivity index (χ1) is 11.8. The van der Waals surface area contributed by atoms with Crippen LogP contribution in [0.2, 0.25) is 0 Å². The molecule has 2 heteroatoms. The second kappa shape index (κ2) is 6.37. The minimum absolute atomic E-state index is 0.358. The van der Waals surface area contributed by atoms with Crippen molar-refractivity contribution in [3.8, 4) is 44.7 Å². The zero-order chi connectivity index (χ0) is 16.5. The van der Waals surface area contributed by atoms with Crippen LogP contribution in [0, 0.1) is 24.7 Å². The predicted molar refractivity (Wildman–Crippen MR) is 105 cm³/mol. The molecular formula is C22H12Se2. The molecule has 4 rings (SSSR count). The molecule has 0 saturated heterocycles. The Morgan fingerprint density at radius 3 is 1.42 bits per heavy atom. The van der Waals surface area contributed by atoms with Crippen molar-refractivity contribution < 1.29 is 0 Å². The third-order valence-electron chi connectivity index (χ3n) is 4.06. The van der Waals surface area contributed by atoms with Gasteiger partial charge in [-0.2, -0.15) is 0 Å². The van der Waals surface area contributed by atoms with Gasteiger partial charge < -0.3 is 0 Å². The molecule has 0 aliphatic heterocycles. The number of rotatable bonds is 2. The SMILES string of the molecule is C#Cc1c(-c2ccc[se]2)ccc2c(C#C)c(-c3ccc[se]3)ccc12. The van der Waals surface area contributed by atoms with E-state index in [-0.39, 0.29) is 0 Å². The zero-order valence-electron chi connectivity index (χ0n) is 12.7. The van der Waals surface area contributed by atoms with Crippen LogP contribution in [0.25, 0.3) is 30.8 Å². The van der Waals surface area contributed by atoms with E-state index in [9.17, 15) is 0 Å². The molecule has 0 amide bonds. The van der Waals surface area contributed by atoms with E-state index in [2.05, 4.69) is 70.3 Å². The van der Waals surface area contributed by atoms with Gasteiger partial charge in [0.05, 0.1) is 0 Å². The molecule has 0 aliphatic rings. The Morgan fingerprint density at radius 2 is 1.08 bits per heavy atom. The number of hydrogen-bond donors (Lipinski definition) is 0. The van der Waals surface area contributed by atoms with Crippen LogP contribution in [0.1, 0.15) is 11.1 Å². The second-order valence-corrected chi connectivity index (χ2v) is 9.29. The summed E-state index contributed by atoms with van der Waals surface area (Å²) >= 11 is 0.716. The van der Waals surface area contributed by atoms with Gasteiger partial charge in [0.2, 0.25) is 0 Å². The molecular weight excluding hydrogens is 422 g/mol. The Kier molecular flexibility index (Phi) is 4.08. The summed E-state index contributed by atoms with van der Waals surface area (Å²) in [6, 6.07) is 17.1. The predicted octanol–water partition coefficient (Wildman–Crippen LogP) is 4.25. The van der Waals surface area contributed by atoms with Crippen molar-refractivity contribution in [2.45, 2.75) is 0 Å². The van der Waals surface area contributed by atoms with Crippen LogP contribution in [0.5, 0.6) is 0 Å². The van der Waals surface area contributed by atoms with E-state index in [1.165, 1.54) is 8.87 Å². The molecule has 112 valence electrons. The van der Waals surface area contributed by atoms with Gasteiger partial charge >= 0.3 is 154 Å². The van der Waals surface area contributed by atoms with Gasteiger partial charge in [-0.3, -0.25) is 0 Å². The molecule has 0 nitrogen and oxygen atoms in total. The summed E-state index contributed by atoms with van der Waals surface area (Å²) in [5.74, 6) is 5.81. The minimum atomic E-state index is 0.358. The molecule has 0 radical (unpaired) electrons. The quantitative estimate of drug-likeness (QED) is 0.327. The van der Waals surface area contributed by atoms with Crippen molar-refractivity contribution in [3.63, 3.8) is 0 Å². The summed E-state index contributed by atoms with van der Waals surface area (Å²) in [6.07, 6.45) is 11.8. The molecule has 0 saturated carbocycles. The first kappa shape index (κ1) is 15.4. The molecule has 0 N–H and O–H groups in total. The fourth-order valence-electron chi connectivity index (χ4n) is 2.99. The van der Waals surface area contributed by atoms with Crippen LogP contribution in [-0.4, -0.2) is 29.0 Å². The van der Waals surface area contributed by atoms with Crippen molar-refractivity contribution in [3.05, 3.63) is 69.5 Å². The summed E-state index contributed by atoms with van der Waals surface area (Å²) in [7, 11) is 0. The van der Waals surface area contributed by atoms with E-state index in [1.54, 1.807) is 0 Å². The number of fused-ring (bicyclic) bond motifs is 1. The molecule has 2 aromatic heterocycles. The van der Waals surface area contributed by atoms with E-state index in [0.717, 1.165) is 33.0 Å². The topological polar surface area (TPSA) is 0 Å². The van der Waals surface area contributed by atoms with Crippen LogP contribution >= 0.6 is 0 Å². The van der Waals surface area contributed by atoms with Crippen molar-refractivity contribution in [2.75, 3.05) is 0 Å². The van der Waals surface area contributed by atoms with Crippen LogP contribution in [0.3, 0.4) is 0 Å². The summed E-state index contributed by atoms with van der Waals surface area (Å²) < 4.78 is 2.66. The van der Waals surface area contributed by atoms with Gasteiger partial charge in [0.1, 0.15) is 0 Å². The van der Waals surface area contributed by atoms with Gasteiger partial charge in [-0.25, -0.2) is 0 Å². The summed E-state index contributed by atoms with van der Waals surface area (Å²) in [5, 5.41) is 2.16. The van der Waals surface area contributed by atoms with Gasteiger partial charge in [-0.05, 0) is 0 Å². The molecule has 4 aromatic rings. The summed E-state index contributed by atoms with van der Waals surface area (Å²) in [5.41, 5.74) is 4.24. The van der Waals surface area contributed by atoms with Crippen LogP contribution < -0.4 is 0 Å². The Balaban J connectivity index is 2.05. The number of terminal acetylenes is 2. The van der Waals surface area contributed by atoms with Crippen molar-refractivity contribution in [2.24, 2.45) is 0 Å². The number of benzene rings is 2. The van der Waals surface area contributed by atoms with Crippen molar-refractivity contribution >= 4 is 39.8 Å². The van der Waals surface area contributed by atoms with Crippen LogP contribution in [-0.2, 0) is 0 Å². The van der Waals surface area contributed by atoms with Crippen LogP contribution in [0.15, 0.2) is 58.4 Å². The van der Waals surface area contributed by atoms with E-state index < -0.39 is 0 Å². The Morgan fingerprint density at radius 1 is 0.625 bits per heavy atom. The third-order valence-corrected chi connectivity index (χ3v) is 7.85. The van der Waals surface area contributed by atoms with Crippen LogP contribution in [0.4, 0.5) is 0 Å². The fourth-order valence-corrected chi connectivity index (χ4v) is 6.17. The van der Waals surface area contributed by atoms with E-state index in [4.69, 9.17) is 12.8 Å². The van der Waals surface area contributed by atoms with E-state index in [0.29, 0.717) is 29.0 Å². The summed E-state index contributed by atoms with van der Waals surface area (Å²) in [6.45, 7) is 0. The second-order valence-electron chi connectivity index (χ2n) is 5.31. The maximum atomic E-state index is 5.88. The zero-order valence-corrected chi connectivity index (χ0v) is 16.2. The molecule has 2 heterocycles. The van der Waals surface area contributed by atoms with Crippen molar-refractivity contribution in [1.82, 2.24) is 0 Å². The maximum absolute atomic E-state index is 5.88. The first-order valence-electron chi connectivity index (χ1n) is 7.44. The molecule has 24 heavy (non-hydrogen) atoms. The van der Waals surface area contributed by atoms with Gasteiger partial charge in [0, 0.05) is 0 Å². The first-order valence-corrected chi connectivity index (χ1v) is 11.1. The average molecular weight is 434 g/mol. The Hall–Kier alpha value is -2.18. The monoisotopic (exact) mass is 436 g/mol. The van der Waals surface area contributed by atoms with Gasteiger partial charge in [-0.15, -0.1) is 0 Å². The van der Waals surface area contributed by atoms with Gasteiger partial charge in [-0.1, -0.05) is 0 Å². The molecule has 0 spiro atoms. The third kappa shape index (κ3) is 2.42. The average Bonchev–Trinajstić information content (AvgIpc) is 3.32. The summed E-state index contributed by atoms with van der Waals surface area (Å²) in [4.78, 5) is 4.43. The molecule has 0 atom stereocenters. The molecule has 0 fully saturated rings. The number of hydrogen-bond acceptors (Lipinski definition) is 0. The fraction of sp³-hybridized carbons (Fsp3) is 0.